The van der Waals surface area contributed by atoms with E-state index < -0.39 is 0 Å². The Labute approximate surface area is 89.5 Å². The van der Waals surface area contributed by atoms with Crippen LogP contribution in [0.2, 0.25) is 0 Å². The van der Waals surface area contributed by atoms with Gasteiger partial charge in [-0.1, -0.05) is 0 Å². The van der Waals surface area contributed by atoms with E-state index in [1.807, 2.05) is 13.1 Å². The Morgan fingerprint density at radius 3 is 3.00 bits per heavy atom. The van der Waals surface area contributed by atoms with Gasteiger partial charge in [-0.25, -0.2) is 4.98 Å². The molecular formula is C7H11IN2OS. The van der Waals surface area contributed by atoms with Crippen LogP contribution < -0.4 is 5.73 Å². The van der Waals surface area contributed by atoms with Crippen molar-refractivity contribution in [2.24, 2.45) is 5.73 Å². The lowest BCUT2D eigenvalue weighted by atomic mass is 10.4. The van der Waals surface area contributed by atoms with Gasteiger partial charge >= 0.3 is 0 Å². The summed E-state index contributed by atoms with van der Waals surface area (Å²) in [4.78, 5) is 4.21. The van der Waals surface area contributed by atoms with Gasteiger partial charge in [0.2, 0.25) is 0 Å². The highest BCUT2D eigenvalue weighted by Crippen LogP contribution is 2.23. The van der Waals surface area contributed by atoms with E-state index in [2.05, 4.69) is 27.6 Å². The van der Waals surface area contributed by atoms with Gasteiger partial charge in [0.25, 0.3) is 0 Å². The predicted molar refractivity (Wildman–Crippen MR) is 58.3 cm³/mol. The first-order valence-electron chi connectivity index (χ1n) is 3.70. The van der Waals surface area contributed by atoms with Crippen LogP contribution in [-0.4, -0.2) is 18.1 Å². The monoisotopic (exact) mass is 298 g/mol. The molecule has 2 N–H and O–H groups in total. The minimum absolute atomic E-state index is 0.0245. The van der Waals surface area contributed by atoms with E-state index in [4.69, 9.17) is 10.5 Å². The number of aromatic nitrogens is 1. The van der Waals surface area contributed by atoms with Crippen molar-refractivity contribution in [1.29, 1.82) is 0 Å². The third-order valence-corrected chi connectivity index (χ3v) is 3.17. The van der Waals surface area contributed by atoms with Crippen LogP contribution in [0.5, 0.6) is 0 Å². The summed E-state index contributed by atoms with van der Waals surface area (Å²) in [7, 11) is 0. The number of nitrogens with zero attached hydrogens (tertiary/aromatic N) is 1. The lowest BCUT2D eigenvalue weighted by Gasteiger charge is -2.10. The van der Waals surface area contributed by atoms with Crippen LogP contribution in [0.3, 0.4) is 0 Å². The van der Waals surface area contributed by atoms with Crippen molar-refractivity contribution in [1.82, 2.24) is 4.98 Å². The molecule has 0 aliphatic heterocycles. The molecule has 0 aliphatic rings. The van der Waals surface area contributed by atoms with Crippen LogP contribution in [0.4, 0.5) is 0 Å². The molecule has 0 saturated carbocycles. The van der Waals surface area contributed by atoms with Crippen LogP contribution in [-0.2, 0) is 4.74 Å². The summed E-state index contributed by atoms with van der Waals surface area (Å²) in [5.74, 6) is 0. The maximum Gasteiger partial charge on any atom is 0.124 e. The van der Waals surface area contributed by atoms with Crippen molar-refractivity contribution in [3.8, 4) is 0 Å². The number of hydrogen-bond acceptors (Lipinski definition) is 4. The number of halogens is 1. The fourth-order valence-corrected chi connectivity index (χ4v) is 2.38. The molecule has 1 heterocycles. The Kier molecular flexibility index (Phi) is 4.41. The fraction of sp³-hybridized carbons (Fsp3) is 0.571. The minimum atomic E-state index is -0.0245. The first-order chi connectivity index (χ1) is 5.77. The van der Waals surface area contributed by atoms with E-state index >= 15 is 0 Å². The van der Waals surface area contributed by atoms with Gasteiger partial charge in [-0.2, -0.15) is 0 Å². The quantitative estimate of drug-likeness (QED) is 0.862. The second kappa shape index (κ2) is 5.11. The maximum atomic E-state index is 5.54. The molecule has 1 aromatic rings. The van der Waals surface area contributed by atoms with Crippen molar-refractivity contribution in [3.63, 3.8) is 0 Å². The highest BCUT2D eigenvalue weighted by atomic mass is 127. The van der Waals surface area contributed by atoms with Gasteiger partial charge in [0, 0.05) is 13.2 Å². The van der Waals surface area contributed by atoms with Crippen LogP contribution in [0.1, 0.15) is 18.0 Å². The Morgan fingerprint density at radius 2 is 2.58 bits per heavy atom. The van der Waals surface area contributed by atoms with Crippen molar-refractivity contribution in [3.05, 3.63) is 14.1 Å². The van der Waals surface area contributed by atoms with Crippen LogP contribution >= 0.6 is 33.9 Å². The number of hydrogen-bond donors (Lipinski definition) is 1. The molecule has 0 amide bonds. The average molecular weight is 298 g/mol. The van der Waals surface area contributed by atoms with E-state index in [-0.39, 0.29) is 6.10 Å². The predicted octanol–water partition coefficient (Wildman–Crippen LogP) is 1.78. The third kappa shape index (κ3) is 2.65. The van der Waals surface area contributed by atoms with Gasteiger partial charge in [0.15, 0.2) is 0 Å². The van der Waals surface area contributed by atoms with Crippen LogP contribution in [0.15, 0.2) is 6.20 Å². The highest BCUT2D eigenvalue weighted by molar-refractivity contribution is 14.1. The molecule has 1 rings (SSSR count). The SMILES string of the molecule is CCOC(CN)c1ncc(I)s1. The average Bonchev–Trinajstić information content (AvgIpc) is 2.47. The molecule has 0 radical (unpaired) electrons. The summed E-state index contributed by atoms with van der Waals surface area (Å²) in [6.45, 7) is 3.14. The number of rotatable bonds is 4. The Morgan fingerprint density at radius 1 is 1.83 bits per heavy atom. The normalized spacial score (nSPS) is 13.2. The summed E-state index contributed by atoms with van der Waals surface area (Å²) in [6, 6.07) is 0. The first-order valence-corrected chi connectivity index (χ1v) is 5.60. The van der Waals surface area contributed by atoms with E-state index in [9.17, 15) is 0 Å². The topological polar surface area (TPSA) is 48.1 Å². The second-order valence-corrected chi connectivity index (χ2v) is 5.14. The lowest BCUT2D eigenvalue weighted by Crippen LogP contribution is -2.15. The summed E-state index contributed by atoms with van der Waals surface area (Å²) in [5, 5.41) is 0.976. The number of ether oxygens (including phenoxy) is 1. The van der Waals surface area contributed by atoms with Gasteiger partial charge in [-0.15, -0.1) is 11.3 Å². The van der Waals surface area contributed by atoms with E-state index in [1.165, 1.54) is 2.88 Å². The van der Waals surface area contributed by atoms with Crippen LogP contribution in [0.25, 0.3) is 0 Å². The summed E-state index contributed by atoms with van der Waals surface area (Å²) >= 11 is 3.87. The van der Waals surface area contributed by atoms with E-state index in [0.717, 1.165) is 5.01 Å². The standard InChI is InChI=1S/C7H11IN2OS/c1-2-11-5(3-9)7-10-4-6(8)12-7/h4-5H,2-3,9H2,1H3. The third-order valence-electron chi connectivity index (χ3n) is 1.35. The molecule has 68 valence electrons. The van der Waals surface area contributed by atoms with E-state index in [0.29, 0.717) is 13.2 Å². The molecular weight excluding hydrogens is 287 g/mol. The Hall–Kier alpha value is 0.280. The molecule has 12 heavy (non-hydrogen) atoms. The molecule has 0 aromatic carbocycles. The molecule has 0 aliphatic carbocycles. The zero-order chi connectivity index (χ0) is 8.97. The molecule has 0 saturated heterocycles. The fourth-order valence-electron chi connectivity index (χ4n) is 0.857. The molecule has 0 spiro atoms. The van der Waals surface area contributed by atoms with Crippen molar-refractivity contribution in [2.45, 2.75) is 13.0 Å². The number of thiazole rings is 1. The largest absolute Gasteiger partial charge is 0.370 e. The minimum Gasteiger partial charge on any atom is -0.370 e. The highest BCUT2D eigenvalue weighted by Gasteiger charge is 2.12. The molecule has 1 atom stereocenters. The maximum absolute atomic E-state index is 5.54. The van der Waals surface area contributed by atoms with Gasteiger partial charge in [0.1, 0.15) is 11.1 Å². The first kappa shape index (κ1) is 10.4. The molecule has 5 heteroatoms. The van der Waals surface area contributed by atoms with Crippen molar-refractivity contribution >= 4 is 33.9 Å². The molecule has 0 bridgehead atoms. The molecule has 1 aromatic heterocycles. The van der Waals surface area contributed by atoms with Crippen LogP contribution in [0, 0.1) is 2.88 Å². The zero-order valence-electron chi connectivity index (χ0n) is 6.79. The number of nitrogens with two attached hydrogens (primary N) is 1. The van der Waals surface area contributed by atoms with Gasteiger partial charge in [-0.05, 0) is 29.5 Å². The zero-order valence-corrected chi connectivity index (χ0v) is 9.76. The molecule has 1 unspecified atom stereocenters. The smallest absolute Gasteiger partial charge is 0.124 e. The van der Waals surface area contributed by atoms with Gasteiger partial charge < -0.3 is 10.5 Å². The summed E-state index contributed by atoms with van der Waals surface area (Å²) in [5.41, 5.74) is 5.54. The Bertz CT molecular complexity index is 241. The molecule has 0 fully saturated rings. The summed E-state index contributed by atoms with van der Waals surface area (Å²) in [6.07, 6.45) is 1.81. The Balaban J connectivity index is 2.66. The van der Waals surface area contributed by atoms with Crippen molar-refractivity contribution < 1.29 is 4.74 Å². The van der Waals surface area contributed by atoms with Gasteiger partial charge in [0.05, 0.1) is 9.08 Å². The summed E-state index contributed by atoms with van der Waals surface area (Å²) < 4.78 is 6.58. The lowest BCUT2D eigenvalue weighted by molar-refractivity contribution is 0.0686. The van der Waals surface area contributed by atoms with Crippen molar-refractivity contribution in [2.75, 3.05) is 13.2 Å². The molecule has 3 nitrogen and oxygen atoms in total. The second-order valence-electron chi connectivity index (χ2n) is 2.18. The van der Waals surface area contributed by atoms with E-state index in [1.54, 1.807) is 11.3 Å². The van der Waals surface area contributed by atoms with Gasteiger partial charge in [-0.3, -0.25) is 0 Å².